The molecule has 4 nitrogen and oxygen atoms in total. The van der Waals surface area contributed by atoms with Crippen LogP contribution in [-0.4, -0.2) is 19.1 Å². The lowest BCUT2D eigenvalue weighted by molar-refractivity contribution is -0.115. The summed E-state index contributed by atoms with van der Waals surface area (Å²) in [5, 5.41) is 3.74. The van der Waals surface area contributed by atoms with E-state index in [1.54, 1.807) is 30.3 Å². The fourth-order valence-corrected chi connectivity index (χ4v) is 2.93. The largest absolute Gasteiger partial charge is 0.486 e. The number of rotatable bonds is 3. The Labute approximate surface area is 151 Å². The average molecular weight is 417 g/mol. The van der Waals surface area contributed by atoms with Crippen LogP contribution in [0.3, 0.4) is 0 Å². The van der Waals surface area contributed by atoms with Gasteiger partial charge in [-0.2, -0.15) is 0 Å². The van der Waals surface area contributed by atoms with Crippen molar-refractivity contribution in [2.24, 2.45) is 0 Å². The molecular weight excluding hydrogens is 405 g/mol. The minimum atomic E-state index is -0.166. The number of hydrogen-bond donors (Lipinski definition) is 1. The van der Waals surface area contributed by atoms with Crippen LogP contribution in [0.25, 0.3) is 0 Å². The van der Waals surface area contributed by atoms with Gasteiger partial charge < -0.3 is 14.8 Å². The Hall–Kier alpha value is -1.43. The molecule has 7 heteroatoms. The Kier molecular flexibility index (Phi) is 4.99. The van der Waals surface area contributed by atoms with E-state index < -0.39 is 0 Å². The Bertz CT molecular complexity index is 767. The topological polar surface area (TPSA) is 47.6 Å². The smallest absolute Gasteiger partial charge is 0.228 e. The zero-order chi connectivity index (χ0) is 16.4. The van der Waals surface area contributed by atoms with E-state index >= 15 is 0 Å². The number of halogens is 3. The molecule has 1 N–H and O–H groups in total. The summed E-state index contributed by atoms with van der Waals surface area (Å²) in [4.78, 5) is 12.2. The van der Waals surface area contributed by atoms with Gasteiger partial charge in [-0.25, -0.2) is 0 Å². The van der Waals surface area contributed by atoms with Crippen LogP contribution in [0.15, 0.2) is 34.8 Å². The standard InChI is InChI=1S/C16H12BrCl2NO3/c17-10-7-14-15(23-4-3-22-14)8-13(10)20-16(21)6-9-1-2-11(18)12(19)5-9/h1-2,5,7-8H,3-4,6H2,(H,20,21). The Morgan fingerprint density at radius 1 is 1.09 bits per heavy atom. The molecular formula is C16H12BrCl2NO3. The Balaban J connectivity index is 1.73. The molecule has 0 spiro atoms. The van der Waals surface area contributed by atoms with E-state index in [4.69, 9.17) is 32.7 Å². The number of ether oxygens (including phenoxy) is 2. The first-order valence-electron chi connectivity index (χ1n) is 6.86. The molecule has 0 unspecified atom stereocenters. The fourth-order valence-electron chi connectivity index (χ4n) is 2.19. The summed E-state index contributed by atoms with van der Waals surface area (Å²) in [5.41, 5.74) is 1.41. The Morgan fingerprint density at radius 2 is 1.78 bits per heavy atom. The number of nitrogens with one attached hydrogen (secondary N) is 1. The number of fused-ring (bicyclic) bond motifs is 1. The lowest BCUT2D eigenvalue weighted by atomic mass is 10.1. The molecule has 0 radical (unpaired) electrons. The van der Waals surface area contributed by atoms with Gasteiger partial charge in [-0.3, -0.25) is 4.79 Å². The zero-order valence-electron chi connectivity index (χ0n) is 11.9. The molecule has 1 heterocycles. The van der Waals surface area contributed by atoms with Crippen LogP contribution in [0.1, 0.15) is 5.56 Å². The Morgan fingerprint density at radius 3 is 2.48 bits per heavy atom. The second kappa shape index (κ2) is 6.99. The molecule has 0 atom stereocenters. The normalized spacial score (nSPS) is 12.8. The average Bonchev–Trinajstić information content (AvgIpc) is 2.51. The second-order valence-corrected chi connectivity index (χ2v) is 6.62. The summed E-state index contributed by atoms with van der Waals surface area (Å²) in [6.45, 7) is 1.01. The van der Waals surface area contributed by atoms with E-state index in [2.05, 4.69) is 21.2 Å². The zero-order valence-corrected chi connectivity index (χ0v) is 15.0. The number of anilines is 1. The molecule has 0 fully saturated rings. The third-order valence-electron chi connectivity index (χ3n) is 3.25. The molecule has 2 aromatic carbocycles. The van der Waals surface area contributed by atoms with Crippen molar-refractivity contribution < 1.29 is 14.3 Å². The van der Waals surface area contributed by atoms with Crippen LogP contribution in [-0.2, 0) is 11.2 Å². The highest BCUT2D eigenvalue weighted by atomic mass is 79.9. The van der Waals surface area contributed by atoms with Crippen LogP contribution < -0.4 is 14.8 Å². The highest BCUT2D eigenvalue weighted by Gasteiger charge is 2.16. The van der Waals surface area contributed by atoms with Crippen LogP contribution in [0.2, 0.25) is 10.0 Å². The SMILES string of the molecule is O=C(Cc1ccc(Cl)c(Cl)c1)Nc1cc2c(cc1Br)OCCO2. The van der Waals surface area contributed by atoms with Crippen molar-refractivity contribution in [1.82, 2.24) is 0 Å². The summed E-state index contributed by atoms with van der Waals surface area (Å²) >= 11 is 15.3. The highest BCUT2D eigenvalue weighted by molar-refractivity contribution is 9.10. The molecule has 1 amide bonds. The van der Waals surface area contributed by atoms with Crippen molar-refractivity contribution in [3.8, 4) is 11.5 Å². The van der Waals surface area contributed by atoms with Crippen LogP contribution >= 0.6 is 39.1 Å². The van der Waals surface area contributed by atoms with Gasteiger partial charge in [0.15, 0.2) is 11.5 Å². The second-order valence-electron chi connectivity index (χ2n) is 4.95. The van der Waals surface area contributed by atoms with Gasteiger partial charge in [0.1, 0.15) is 13.2 Å². The van der Waals surface area contributed by atoms with Crippen molar-refractivity contribution in [3.05, 3.63) is 50.4 Å². The van der Waals surface area contributed by atoms with Crippen molar-refractivity contribution in [3.63, 3.8) is 0 Å². The number of carbonyl (C=O) groups excluding carboxylic acids is 1. The number of carbonyl (C=O) groups is 1. The molecule has 0 bridgehead atoms. The van der Waals surface area contributed by atoms with Crippen molar-refractivity contribution >= 4 is 50.7 Å². The number of amides is 1. The lowest BCUT2D eigenvalue weighted by Gasteiger charge is -2.20. The molecule has 1 aliphatic rings. The van der Waals surface area contributed by atoms with E-state index in [1.165, 1.54) is 0 Å². The third-order valence-corrected chi connectivity index (χ3v) is 4.65. The maximum Gasteiger partial charge on any atom is 0.228 e. The summed E-state index contributed by atoms with van der Waals surface area (Å²) in [6, 6.07) is 8.65. The fraction of sp³-hybridized carbons (Fsp3) is 0.188. The molecule has 0 saturated heterocycles. The van der Waals surface area contributed by atoms with Gasteiger partial charge in [-0.05, 0) is 33.6 Å². The minimum absolute atomic E-state index is 0.166. The molecule has 1 aliphatic heterocycles. The highest BCUT2D eigenvalue weighted by Crippen LogP contribution is 2.38. The summed E-state index contributed by atoms with van der Waals surface area (Å²) in [6.07, 6.45) is 0.192. The van der Waals surface area contributed by atoms with E-state index in [0.29, 0.717) is 40.4 Å². The van der Waals surface area contributed by atoms with Crippen LogP contribution in [0, 0.1) is 0 Å². The third kappa shape index (κ3) is 3.91. The predicted octanol–water partition coefficient (Wildman–Crippen LogP) is 4.71. The molecule has 23 heavy (non-hydrogen) atoms. The van der Waals surface area contributed by atoms with E-state index in [0.717, 1.165) is 10.0 Å². The van der Waals surface area contributed by atoms with E-state index in [9.17, 15) is 4.79 Å². The van der Waals surface area contributed by atoms with Gasteiger partial charge in [0.05, 0.1) is 22.2 Å². The summed E-state index contributed by atoms with van der Waals surface area (Å²) in [5.74, 6) is 1.11. The molecule has 0 saturated carbocycles. The van der Waals surface area contributed by atoms with E-state index in [1.807, 2.05) is 0 Å². The first-order valence-corrected chi connectivity index (χ1v) is 8.41. The minimum Gasteiger partial charge on any atom is -0.486 e. The number of benzene rings is 2. The number of hydrogen-bond acceptors (Lipinski definition) is 3. The first kappa shape index (κ1) is 16.4. The molecule has 0 aromatic heterocycles. The summed E-state index contributed by atoms with van der Waals surface area (Å²) in [7, 11) is 0. The van der Waals surface area contributed by atoms with E-state index in [-0.39, 0.29) is 12.3 Å². The molecule has 0 aliphatic carbocycles. The van der Waals surface area contributed by atoms with Crippen LogP contribution in [0.4, 0.5) is 5.69 Å². The van der Waals surface area contributed by atoms with Gasteiger partial charge >= 0.3 is 0 Å². The predicted molar refractivity (Wildman–Crippen MR) is 93.9 cm³/mol. The monoisotopic (exact) mass is 415 g/mol. The van der Waals surface area contributed by atoms with Crippen molar-refractivity contribution in [2.45, 2.75) is 6.42 Å². The quantitative estimate of drug-likeness (QED) is 0.788. The summed E-state index contributed by atoms with van der Waals surface area (Å²) < 4.78 is 11.7. The maximum absolute atomic E-state index is 12.2. The van der Waals surface area contributed by atoms with Gasteiger partial charge in [-0.1, -0.05) is 29.3 Å². The van der Waals surface area contributed by atoms with Gasteiger partial charge in [0.2, 0.25) is 5.91 Å². The van der Waals surface area contributed by atoms with Crippen molar-refractivity contribution in [2.75, 3.05) is 18.5 Å². The maximum atomic E-state index is 12.2. The molecule has 3 rings (SSSR count). The van der Waals surface area contributed by atoms with Crippen molar-refractivity contribution in [1.29, 1.82) is 0 Å². The van der Waals surface area contributed by atoms with Gasteiger partial charge in [0.25, 0.3) is 0 Å². The van der Waals surface area contributed by atoms with Gasteiger partial charge in [-0.15, -0.1) is 0 Å². The first-order chi connectivity index (χ1) is 11.0. The lowest BCUT2D eigenvalue weighted by Crippen LogP contribution is -2.17. The molecule has 2 aromatic rings. The molecule has 120 valence electrons. The van der Waals surface area contributed by atoms with Crippen LogP contribution in [0.5, 0.6) is 11.5 Å². The van der Waals surface area contributed by atoms with Gasteiger partial charge in [0, 0.05) is 16.6 Å².